The molecule has 4 N–H and O–H groups in total. The zero-order chi connectivity index (χ0) is 22.7. The van der Waals surface area contributed by atoms with Gasteiger partial charge in [-0.3, -0.25) is 5.32 Å². The lowest BCUT2D eigenvalue weighted by Crippen LogP contribution is -2.33. The van der Waals surface area contributed by atoms with Gasteiger partial charge in [0.15, 0.2) is 23.7 Å². The monoisotopic (exact) mass is 440 g/mol. The minimum Gasteiger partial charge on any atom is -0.488 e. The van der Waals surface area contributed by atoms with Gasteiger partial charge >= 0.3 is 6.03 Å². The molecule has 11 heteroatoms. The van der Waals surface area contributed by atoms with Crippen molar-refractivity contribution < 1.29 is 23.4 Å². The Hall–Kier alpha value is -3.83. The van der Waals surface area contributed by atoms with Gasteiger partial charge in [-0.05, 0) is 44.2 Å². The standard InChI is InChI=1S/C21H21FN6O4/c1-3-30-17-16(20-31-11(2)32-20)27-19(28-18(17)23)12-7-8-15(24-10-12)26-21(29)25-14-6-4-5-13(22)9-14/h4-11,20H,3H2,1-2H3,(H2,23,27,28)(H2,24,25,26,29). The first-order valence-electron chi connectivity index (χ1n) is 9.84. The summed E-state index contributed by atoms with van der Waals surface area (Å²) >= 11 is 0. The molecule has 1 fully saturated rings. The van der Waals surface area contributed by atoms with Crippen LogP contribution in [-0.2, 0) is 9.47 Å². The third-order valence-electron chi connectivity index (χ3n) is 4.41. The zero-order valence-electron chi connectivity index (χ0n) is 17.3. The van der Waals surface area contributed by atoms with E-state index in [1.165, 1.54) is 24.4 Å². The van der Waals surface area contributed by atoms with Gasteiger partial charge in [-0.15, -0.1) is 0 Å². The van der Waals surface area contributed by atoms with E-state index in [1.54, 1.807) is 25.1 Å². The number of nitrogens with one attached hydrogen (secondary N) is 2. The van der Waals surface area contributed by atoms with Crippen molar-refractivity contribution in [2.45, 2.75) is 26.4 Å². The van der Waals surface area contributed by atoms with Gasteiger partial charge in [0.25, 0.3) is 0 Å². The summed E-state index contributed by atoms with van der Waals surface area (Å²) in [5, 5.41) is 5.10. The van der Waals surface area contributed by atoms with Crippen LogP contribution in [0.15, 0.2) is 42.6 Å². The number of halogens is 1. The van der Waals surface area contributed by atoms with Crippen LogP contribution in [0.1, 0.15) is 25.8 Å². The van der Waals surface area contributed by atoms with E-state index in [0.29, 0.717) is 35.1 Å². The highest BCUT2D eigenvalue weighted by atomic mass is 19.1. The van der Waals surface area contributed by atoms with Crippen LogP contribution in [-0.4, -0.2) is 33.9 Å². The van der Waals surface area contributed by atoms with E-state index in [2.05, 4.69) is 25.6 Å². The smallest absolute Gasteiger partial charge is 0.324 e. The van der Waals surface area contributed by atoms with E-state index in [4.69, 9.17) is 19.9 Å². The molecule has 32 heavy (non-hydrogen) atoms. The fraction of sp³-hybridized carbons (Fsp3) is 0.238. The van der Waals surface area contributed by atoms with E-state index in [9.17, 15) is 9.18 Å². The largest absolute Gasteiger partial charge is 0.488 e. The Kier molecular flexibility index (Phi) is 6.10. The molecule has 3 aromatic rings. The van der Waals surface area contributed by atoms with Crippen molar-refractivity contribution in [1.82, 2.24) is 15.0 Å². The molecule has 1 aliphatic heterocycles. The lowest BCUT2D eigenvalue weighted by atomic mass is 10.2. The second kappa shape index (κ2) is 9.12. The number of rotatable bonds is 6. The van der Waals surface area contributed by atoms with Crippen LogP contribution >= 0.6 is 0 Å². The van der Waals surface area contributed by atoms with Crippen LogP contribution in [0.4, 0.5) is 26.5 Å². The van der Waals surface area contributed by atoms with Crippen molar-refractivity contribution in [1.29, 1.82) is 0 Å². The molecule has 3 heterocycles. The third-order valence-corrected chi connectivity index (χ3v) is 4.41. The Morgan fingerprint density at radius 2 is 2.03 bits per heavy atom. The molecule has 4 rings (SSSR count). The maximum atomic E-state index is 13.2. The number of amides is 2. The molecule has 1 aliphatic rings. The lowest BCUT2D eigenvalue weighted by Gasteiger charge is -2.34. The molecule has 0 saturated carbocycles. The number of carbonyl (C=O) groups is 1. The van der Waals surface area contributed by atoms with Gasteiger partial charge < -0.3 is 25.3 Å². The number of anilines is 3. The summed E-state index contributed by atoms with van der Waals surface area (Å²) in [5.74, 6) is 0.590. The fourth-order valence-electron chi connectivity index (χ4n) is 3.00. The predicted molar refractivity (Wildman–Crippen MR) is 114 cm³/mol. The first kappa shape index (κ1) is 21.4. The van der Waals surface area contributed by atoms with Gasteiger partial charge in [-0.25, -0.2) is 24.1 Å². The number of ether oxygens (including phenoxy) is 3. The number of nitrogen functional groups attached to an aromatic ring is 1. The molecular weight excluding hydrogens is 419 g/mol. The molecule has 0 aliphatic carbocycles. The van der Waals surface area contributed by atoms with Crippen molar-refractivity contribution in [2.75, 3.05) is 23.0 Å². The highest BCUT2D eigenvalue weighted by Gasteiger charge is 2.34. The van der Waals surface area contributed by atoms with Crippen molar-refractivity contribution in [3.8, 4) is 17.1 Å². The van der Waals surface area contributed by atoms with Crippen LogP contribution < -0.4 is 21.1 Å². The molecule has 166 valence electrons. The van der Waals surface area contributed by atoms with Crippen molar-refractivity contribution in [3.05, 3.63) is 54.1 Å². The maximum Gasteiger partial charge on any atom is 0.324 e. The Balaban J connectivity index is 1.50. The number of hydrogen-bond donors (Lipinski definition) is 3. The molecule has 2 amide bonds. The van der Waals surface area contributed by atoms with E-state index < -0.39 is 18.1 Å². The van der Waals surface area contributed by atoms with Gasteiger partial charge in [-0.1, -0.05) is 6.07 Å². The van der Waals surface area contributed by atoms with E-state index in [-0.39, 0.29) is 17.9 Å². The molecule has 0 atom stereocenters. The number of nitrogens with zero attached hydrogens (tertiary/aromatic N) is 3. The number of pyridine rings is 1. The van der Waals surface area contributed by atoms with E-state index in [0.717, 1.165) is 0 Å². The molecular formula is C21H21FN6O4. The summed E-state index contributed by atoms with van der Waals surface area (Å²) < 4.78 is 29.9. The van der Waals surface area contributed by atoms with Crippen LogP contribution in [0.2, 0.25) is 0 Å². The average Bonchev–Trinajstić information content (AvgIpc) is 2.73. The first-order valence-corrected chi connectivity index (χ1v) is 9.84. The SMILES string of the molecule is CCOc1c(N)nc(-c2ccc(NC(=O)Nc3cccc(F)c3)nc2)nc1C1OC(C)O1. The van der Waals surface area contributed by atoms with E-state index >= 15 is 0 Å². The van der Waals surface area contributed by atoms with Crippen LogP contribution in [0.3, 0.4) is 0 Å². The number of aromatic nitrogens is 3. The fourth-order valence-corrected chi connectivity index (χ4v) is 3.00. The second-order valence-corrected chi connectivity index (χ2v) is 6.77. The molecule has 0 spiro atoms. The van der Waals surface area contributed by atoms with Crippen LogP contribution in [0.5, 0.6) is 5.75 Å². The summed E-state index contributed by atoms with van der Waals surface area (Å²) in [5.41, 5.74) is 7.35. The minimum atomic E-state index is -0.698. The quantitative estimate of drug-likeness (QED) is 0.528. The Bertz CT molecular complexity index is 1120. The molecule has 2 aromatic heterocycles. The molecule has 0 radical (unpaired) electrons. The van der Waals surface area contributed by atoms with Crippen molar-refractivity contribution >= 4 is 23.4 Å². The summed E-state index contributed by atoms with van der Waals surface area (Å²) in [6.07, 6.45) is 0.442. The van der Waals surface area contributed by atoms with Gasteiger partial charge in [0.05, 0.1) is 6.61 Å². The summed E-state index contributed by atoms with van der Waals surface area (Å²) in [6.45, 7) is 3.96. The average molecular weight is 440 g/mol. The summed E-state index contributed by atoms with van der Waals surface area (Å²) in [4.78, 5) is 25.1. The summed E-state index contributed by atoms with van der Waals surface area (Å²) in [7, 11) is 0. The number of hydrogen-bond acceptors (Lipinski definition) is 8. The van der Waals surface area contributed by atoms with Crippen molar-refractivity contribution in [3.63, 3.8) is 0 Å². The molecule has 0 bridgehead atoms. The Labute approximate surface area is 182 Å². The number of carbonyl (C=O) groups excluding carboxylic acids is 1. The van der Waals surface area contributed by atoms with Gasteiger partial charge in [-0.2, -0.15) is 0 Å². The van der Waals surface area contributed by atoms with Gasteiger partial charge in [0.2, 0.25) is 6.29 Å². The lowest BCUT2D eigenvalue weighted by molar-refractivity contribution is -0.384. The van der Waals surface area contributed by atoms with E-state index in [1.807, 2.05) is 6.92 Å². The molecule has 10 nitrogen and oxygen atoms in total. The Morgan fingerprint density at radius 3 is 2.69 bits per heavy atom. The first-order chi connectivity index (χ1) is 15.4. The van der Waals surface area contributed by atoms with Gasteiger partial charge in [0.1, 0.15) is 17.3 Å². The number of urea groups is 1. The highest BCUT2D eigenvalue weighted by molar-refractivity contribution is 5.99. The summed E-state index contributed by atoms with van der Waals surface area (Å²) in [6, 6.07) is 8.25. The van der Waals surface area contributed by atoms with Crippen LogP contribution in [0, 0.1) is 5.82 Å². The topological polar surface area (TPSA) is 134 Å². The maximum absolute atomic E-state index is 13.2. The molecule has 1 saturated heterocycles. The third kappa shape index (κ3) is 4.74. The minimum absolute atomic E-state index is 0.148. The molecule has 1 aromatic carbocycles. The van der Waals surface area contributed by atoms with Gasteiger partial charge in [0, 0.05) is 17.4 Å². The predicted octanol–water partition coefficient (Wildman–Crippen LogP) is 3.69. The second-order valence-electron chi connectivity index (χ2n) is 6.77. The van der Waals surface area contributed by atoms with Crippen LogP contribution in [0.25, 0.3) is 11.4 Å². The molecule has 0 unspecified atom stereocenters. The number of benzene rings is 1. The Morgan fingerprint density at radius 1 is 1.22 bits per heavy atom. The highest BCUT2D eigenvalue weighted by Crippen LogP contribution is 2.39. The number of nitrogens with two attached hydrogens (primary N) is 1. The zero-order valence-corrected chi connectivity index (χ0v) is 17.3. The normalized spacial score (nSPS) is 17.3. The van der Waals surface area contributed by atoms with Crippen molar-refractivity contribution in [2.24, 2.45) is 0 Å².